The van der Waals surface area contributed by atoms with E-state index in [1.807, 2.05) is 18.2 Å². The summed E-state index contributed by atoms with van der Waals surface area (Å²) in [7, 11) is 2.13. The fraction of sp³-hybridized carbons (Fsp3) is 0.438. The summed E-state index contributed by atoms with van der Waals surface area (Å²) in [5.74, 6) is -0.968. The lowest BCUT2D eigenvalue weighted by molar-refractivity contribution is 0.0663. The highest BCUT2D eigenvalue weighted by atomic mass is 16.4. The summed E-state index contributed by atoms with van der Waals surface area (Å²) in [6.45, 7) is 2.53. The van der Waals surface area contributed by atoms with Gasteiger partial charge in [0.05, 0.1) is 0 Å². The van der Waals surface area contributed by atoms with Crippen molar-refractivity contribution in [2.24, 2.45) is 0 Å². The third-order valence-corrected chi connectivity index (χ3v) is 4.25. The van der Waals surface area contributed by atoms with Gasteiger partial charge in [0.2, 0.25) is 5.76 Å². The average Bonchev–Trinajstić information content (AvgIpc) is 3.04. The Balaban J connectivity index is 1.76. The zero-order chi connectivity index (χ0) is 14.8. The molecule has 21 heavy (non-hydrogen) atoms. The molecule has 1 aliphatic rings. The Morgan fingerprint density at radius 3 is 3.00 bits per heavy atom. The van der Waals surface area contributed by atoms with Gasteiger partial charge in [-0.1, -0.05) is 18.2 Å². The lowest BCUT2D eigenvalue weighted by Crippen LogP contribution is -2.35. The second kappa shape index (κ2) is 5.87. The molecule has 2 aromatic rings. The number of fused-ring (bicyclic) bond motifs is 1. The van der Waals surface area contributed by atoms with E-state index in [9.17, 15) is 9.90 Å². The highest BCUT2D eigenvalue weighted by molar-refractivity contribution is 5.95. The molecule has 0 aliphatic carbocycles. The third kappa shape index (κ3) is 2.80. The molecule has 1 fully saturated rings. The predicted octanol–water partition coefficient (Wildman–Crippen LogP) is 2.31. The maximum Gasteiger partial charge on any atom is 0.372 e. The summed E-state index contributed by atoms with van der Waals surface area (Å²) in [5.41, 5.74) is 1.36. The topological polar surface area (TPSA) is 65.7 Å². The molecular formula is C16H20N2O3. The van der Waals surface area contributed by atoms with Gasteiger partial charge in [-0.3, -0.25) is 0 Å². The van der Waals surface area contributed by atoms with Crippen molar-refractivity contribution in [2.45, 2.75) is 25.4 Å². The minimum absolute atomic E-state index is 0.0449. The average molecular weight is 288 g/mol. The first-order valence-electron chi connectivity index (χ1n) is 7.31. The Labute approximate surface area is 123 Å². The summed E-state index contributed by atoms with van der Waals surface area (Å²) in [5, 5.41) is 13.5. The molecule has 5 heteroatoms. The Morgan fingerprint density at radius 1 is 1.48 bits per heavy atom. The second-order valence-electron chi connectivity index (χ2n) is 5.62. The maximum atomic E-state index is 11.3. The highest BCUT2D eigenvalue weighted by Crippen LogP contribution is 2.26. The Morgan fingerprint density at radius 2 is 2.29 bits per heavy atom. The number of nitrogens with zero attached hydrogens (tertiary/aromatic N) is 1. The number of rotatable bonds is 5. The van der Waals surface area contributed by atoms with Gasteiger partial charge in [0.1, 0.15) is 5.58 Å². The van der Waals surface area contributed by atoms with Gasteiger partial charge in [-0.2, -0.15) is 0 Å². The number of likely N-dealkylation sites (N-methyl/N-ethyl adjacent to an activating group) is 1. The number of carboxylic acid groups (broad SMARTS) is 1. The zero-order valence-electron chi connectivity index (χ0n) is 12.1. The molecule has 5 nitrogen and oxygen atoms in total. The number of hydrogen-bond donors (Lipinski definition) is 2. The molecule has 1 aromatic carbocycles. The molecule has 1 atom stereocenters. The molecule has 1 saturated heterocycles. The summed E-state index contributed by atoms with van der Waals surface area (Å²) < 4.78 is 5.45. The molecule has 0 bridgehead atoms. The van der Waals surface area contributed by atoms with Crippen LogP contribution in [0.15, 0.2) is 28.7 Å². The van der Waals surface area contributed by atoms with E-state index in [2.05, 4.69) is 17.3 Å². The van der Waals surface area contributed by atoms with E-state index in [4.69, 9.17) is 4.42 Å². The minimum atomic E-state index is -1.01. The van der Waals surface area contributed by atoms with E-state index in [1.54, 1.807) is 6.07 Å². The van der Waals surface area contributed by atoms with Gasteiger partial charge in [0, 0.05) is 30.1 Å². The molecule has 112 valence electrons. The number of furan rings is 1. The van der Waals surface area contributed by atoms with E-state index >= 15 is 0 Å². The van der Waals surface area contributed by atoms with Crippen molar-refractivity contribution in [3.05, 3.63) is 35.6 Å². The monoisotopic (exact) mass is 288 g/mol. The molecule has 0 radical (unpaired) electrons. The Hall–Kier alpha value is -1.85. The van der Waals surface area contributed by atoms with Crippen molar-refractivity contribution in [3.63, 3.8) is 0 Å². The third-order valence-electron chi connectivity index (χ3n) is 4.25. The largest absolute Gasteiger partial charge is 0.475 e. The molecule has 0 saturated carbocycles. The summed E-state index contributed by atoms with van der Waals surface area (Å²) in [6, 6.07) is 8.00. The quantitative estimate of drug-likeness (QED) is 0.884. The summed E-state index contributed by atoms with van der Waals surface area (Å²) in [4.78, 5) is 13.7. The first-order valence-corrected chi connectivity index (χ1v) is 7.31. The SMILES string of the molecule is CN1CCCC1CNCc1c(C(=O)O)oc2ccccc12. The van der Waals surface area contributed by atoms with Gasteiger partial charge < -0.3 is 19.7 Å². The summed E-state index contributed by atoms with van der Waals surface area (Å²) in [6.07, 6.45) is 2.43. The number of carbonyl (C=O) groups is 1. The highest BCUT2D eigenvalue weighted by Gasteiger charge is 2.22. The van der Waals surface area contributed by atoms with Crippen molar-refractivity contribution in [1.29, 1.82) is 0 Å². The van der Waals surface area contributed by atoms with Crippen molar-refractivity contribution >= 4 is 16.9 Å². The number of nitrogens with one attached hydrogen (secondary N) is 1. The Bertz CT molecular complexity index is 650. The van der Waals surface area contributed by atoms with Crippen LogP contribution >= 0.6 is 0 Å². The van der Waals surface area contributed by atoms with Crippen LogP contribution in [-0.4, -0.2) is 42.2 Å². The van der Waals surface area contributed by atoms with Crippen molar-refractivity contribution in [2.75, 3.05) is 20.1 Å². The first kappa shape index (κ1) is 14.1. The fourth-order valence-electron chi connectivity index (χ4n) is 3.05. The van der Waals surface area contributed by atoms with Crippen LogP contribution in [0.25, 0.3) is 11.0 Å². The van der Waals surface area contributed by atoms with Gasteiger partial charge in [0.25, 0.3) is 0 Å². The van der Waals surface area contributed by atoms with Crippen LogP contribution in [0.5, 0.6) is 0 Å². The van der Waals surface area contributed by atoms with Crippen LogP contribution in [0, 0.1) is 0 Å². The first-order chi connectivity index (χ1) is 10.2. The fourth-order valence-corrected chi connectivity index (χ4v) is 3.05. The van der Waals surface area contributed by atoms with Crippen LogP contribution in [0.3, 0.4) is 0 Å². The molecule has 1 aromatic heterocycles. The molecule has 1 unspecified atom stereocenters. The van der Waals surface area contributed by atoms with Gasteiger partial charge in [0.15, 0.2) is 0 Å². The van der Waals surface area contributed by atoms with E-state index in [-0.39, 0.29) is 5.76 Å². The van der Waals surface area contributed by atoms with Crippen LogP contribution in [0.1, 0.15) is 29.0 Å². The number of benzene rings is 1. The van der Waals surface area contributed by atoms with Gasteiger partial charge in [-0.15, -0.1) is 0 Å². The lowest BCUT2D eigenvalue weighted by atomic mass is 10.1. The number of likely N-dealkylation sites (tertiary alicyclic amines) is 1. The number of carboxylic acids is 1. The van der Waals surface area contributed by atoms with Crippen LogP contribution in [0.2, 0.25) is 0 Å². The number of aromatic carboxylic acids is 1. The summed E-state index contributed by atoms with van der Waals surface area (Å²) >= 11 is 0. The molecule has 1 aliphatic heterocycles. The van der Waals surface area contributed by atoms with E-state index in [0.717, 1.165) is 24.0 Å². The standard InChI is InChI=1S/C16H20N2O3/c1-18-8-4-5-11(18)9-17-10-13-12-6-2-3-7-14(12)21-15(13)16(19)20/h2-3,6-7,11,17H,4-5,8-10H2,1H3,(H,19,20). The van der Waals surface area contributed by atoms with E-state index < -0.39 is 5.97 Å². The zero-order valence-corrected chi connectivity index (χ0v) is 12.1. The van der Waals surface area contributed by atoms with Crippen molar-refractivity contribution in [1.82, 2.24) is 10.2 Å². The van der Waals surface area contributed by atoms with E-state index in [1.165, 1.54) is 12.8 Å². The van der Waals surface area contributed by atoms with Crippen molar-refractivity contribution in [3.8, 4) is 0 Å². The van der Waals surface area contributed by atoms with Crippen LogP contribution in [-0.2, 0) is 6.54 Å². The van der Waals surface area contributed by atoms with Gasteiger partial charge in [-0.05, 0) is 32.5 Å². The predicted molar refractivity (Wildman–Crippen MR) is 80.5 cm³/mol. The Kier molecular flexibility index (Phi) is 3.94. The minimum Gasteiger partial charge on any atom is -0.475 e. The van der Waals surface area contributed by atoms with E-state index in [0.29, 0.717) is 18.2 Å². The number of hydrogen-bond acceptors (Lipinski definition) is 4. The van der Waals surface area contributed by atoms with Crippen LogP contribution < -0.4 is 5.32 Å². The maximum absolute atomic E-state index is 11.3. The molecular weight excluding hydrogens is 268 g/mol. The van der Waals surface area contributed by atoms with Crippen molar-refractivity contribution < 1.29 is 14.3 Å². The molecule has 3 rings (SSSR count). The normalized spacial score (nSPS) is 19.4. The molecule has 2 N–H and O–H groups in total. The number of para-hydroxylation sites is 1. The van der Waals surface area contributed by atoms with Gasteiger partial charge >= 0.3 is 5.97 Å². The molecule has 2 heterocycles. The molecule has 0 amide bonds. The second-order valence-corrected chi connectivity index (χ2v) is 5.62. The molecule has 0 spiro atoms. The smallest absolute Gasteiger partial charge is 0.372 e. The van der Waals surface area contributed by atoms with Gasteiger partial charge in [-0.25, -0.2) is 4.79 Å². The lowest BCUT2D eigenvalue weighted by Gasteiger charge is -2.19. The van der Waals surface area contributed by atoms with Crippen LogP contribution in [0.4, 0.5) is 0 Å².